The van der Waals surface area contributed by atoms with Gasteiger partial charge in [-0.3, -0.25) is 0 Å². The largest absolute Gasteiger partial charge is 0.321 e. The molecule has 0 aliphatic heterocycles. The Labute approximate surface area is 70.2 Å². The van der Waals surface area contributed by atoms with E-state index >= 15 is 0 Å². The summed E-state index contributed by atoms with van der Waals surface area (Å²) in [6.07, 6.45) is 0.878. The summed E-state index contributed by atoms with van der Waals surface area (Å²) < 4.78 is 12.9. The minimum Gasteiger partial charge on any atom is -0.321 e. The highest BCUT2D eigenvalue weighted by Crippen LogP contribution is 2.07. The molecule has 2 N–H and O–H groups in total. The molecule has 64 valence electrons. The summed E-state index contributed by atoms with van der Waals surface area (Å²) in [4.78, 5) is 10.2. The number of hydrogen-bond donors (Lipinski definition) is 1. The zero-order chi connectivity index (χ0) is 8.97. The van der Waals surface area contributed by atoms with E-state index in [4.69, 9.17) is 5.73 Å². The molecule has 3 heteroatoms. The number of carbonyl (C=O) groups excluding carboxylic acids is 1. The number of benzene rings is 1. The maximum absolute atomic E-state index is 12.9. The van der Waals surface area contributed by atoms with Crippen LogP contribution >= 0.6 is 0 Å². The maximum Gasteiger partial charge on any atom is 0.137 e. The summed E-state index contributed by atoms with van der Waals surface area (Å²) in [5, 5.41) is 0. The van der Waals surface area contributed by atoms with E-state index in [9.17, 15) is 9.18 Å². The molecule has 0 spiro atoms. The van der Waals surface area contributed by atoms with Crippen molar-refractivity contribution in [3.05, 3.63) is 35.6 Å². The van der Waals surface area contributed by atoms with Crippen LogP contribution in [-0.2, 0) is 11.2 Å². The molecule has 0 heterocycles. The molecule has 0 fully saturated rings. The standard InChI is InChI=1S/C9H10FNO/c10-9-4-2-1-3-7(9)5-8(11)6-12/h1-4,6,8H,5,11H2/t8-/m0/s1. The van der Waals surface area contributed by atoms with Crippen LogP contribution in [0.3, 0.4) is 0 Å². The van der Waals surface area contributed by atoms with Gasteiger partial charge in [0.15, 0.2) is 0 Å². The van der Waals surface area contributed by atoms with E-state index in [2.05, 4.69) is 0 Å². The number of aldehydes is 1. The van der Waals surface area contributed by atoms with Crippen LogP contribution in [0.15, 0.2) is 24.3 Å². The highest BCUT2D eigenvalue weighted by atomic mass is 19.1. The first-order valence-electron chi connectivity index (χ1n) is 3.68. The van der Waals surface area contributed by atoms with Crippen molar-refractivity contribution in [2.24, 2.45) is 5.73 Å². The predicted octanol–water partition coefficient (Wildman–Crippen LogP) is 0.894. The van der Waals surface area contributed by atoms with Crippen molar-refractivity contribution in [2.75, 3.05) is 0 Å². The van der Waals surface area contributed by atoms with Gasteiger partial charge in [0.1, 0.15) is 12.1 Å². The second kappa shape index (κ2) is 3.97. The highest BCUT2D eigenvalue weighted by Gasteiger charge is 2.05. The predicted molar refractivity (Wildman–Crippen MR) is 44.1 cm³/mol. The van der Waals surface area contributed by atoms with Crippen LogP contribution in [0.1, 0.15) is 5.56 Å². The van der Waals surface area contributed by atoms with E-state index in [1.165, 1.54) is 6.07 Å². The fourth-order valence-electron chi connectivity index (χ4n) is 0.966. The second-order valence-corrected chi connectivity index (χ2v) is 2.60. The van der Waals surface area contributed by atoms with Gasteiger partial charge < -0.3 is 10.5 Å². The normalized spacial score (nSPS) is 12.5. The van der Waals surface area contributed by atoms with Crippen LogP contribution in [-0.4, -0.2) is 12.3 Å². The van der Waals surface area contributed by atoms with Gasteiger partial charge in [-0.2, -0.15) is 0 Å². The molecule has 1 aromatic carbocycles. The molecule has 1 aromatic rings. The number of halogens is 1. The summed E-state index contributed by atoms with van der Waals surface area (Å²) in [6, 6.07) is 5.69. The molecule has 0 saturated heterocycles. The Morgan fingerprint density at radius 1 is 1.50 bits per heavy atom. The van der Waals surface area contributed by atoms with Gasteiger partial charge in [-0.05, 0) is 18.1 Å². The molecule has 0 amide bonds. The van der Waals surface area contributed by atoms with Crippen LogP contribution in [0.4, 0.5) is 4.39 Å². The van der Waals surface area contributed by atoms with Crippen LogP contribution < -0.4 is 5.73 Å². The number of carbonyl (C=O) groups is 1. The first-order valence-corrected chi connectivity index (χ1v) is 3.68. The Morgan fingerprint density at radius 2 is 2.17 bits per heavy atom. The minimum atomic E-state index is -0.609. The molecule has 1 atom stereocenters. The fraction of sp³-hybridized carbons (Fsp3) is 0.222. The lowest BCUT2D eigenvalue weighted by molar-refractivity contribution is -0.108. The maximum atomic E-state index is 12.9. The highest BCUT2D eigenvalue weighted by molar-refractivity contribution is 5.57. The lowest BCUT2D eigenvalue weighted by atomic mass is 10.1. The number of nitrogens with two attached hydrogens (primary N) is 1. The fourth-order valence-corrected chi connectivity index (χ4v) is 0.966. The van der Waals surface area contributed by atoms with Gasteiger partial charge in [0.25, 0.3) is 0 Å². The van der Waals surface area contributed by atoms with E-state index < -0.39 is 6.04 Å². The zero-order valence-electron chi connectivity index (χ0n) is 6.53. The summed E-state index contributed by atoms with van der Waals surface area (Å²) in [6.45, 7) is 0. The molecule has 12 heavy (non-hydrogen) atoms. The average molecular weight is 167 g/mol. The van der Waals surface area contributed by atoms with Crippen molar-refractivity contribution in [3.63, 3.8) is 0 Å². The quantitative estimate of drug-likeness (QED) is 0.679. The van der Waals surface area contributed by atoms with Gasteiger partial charge in [0.05, 0.1) is 6.04 Å². The monoisotopic (exact) mass is 167 g/mol. The molecule has 0 aromatic heterocycles. The Balaban J connectivity index is 2.75. The smallest absolute Gasteiger partial charge is 0.137 e. The third kappa shape index (κ3) is 2.13. The molecule has 0 aliphatic carbocycles. The van der Waals surface area contributed by atoms with Crippen molar-refractivity contribution in [1.82, 2.24) is 0 Å². The van der Waals surface area contributed by atoms with Crippen LogP contribution in [0.25, 0.3) is 0 Å². The number of hydrogen-bond acceptors (Lipinski definition) is 2. The third-order valence-corrected chi connectivity index (χ3v) is 1.59. The van der Waals surface area contributed by atoms with Gasteiger partial charge in [-0.15, -0.1) is 0 Å². The molecule has 0 saturated carbocycles. The Morgan fingerprint density at radius 3 is 2.75 bits per heavy atom. The summed E-state index contributed by atoms with van der Waals surface area (Å²) in [5.74, 6) is -0.310. The molecule has 0 unspecified atom stereocenters. The molecule has 1 rings (SSSR count). The molecular weight excluding hydrogens is 157 g/mol. The van der Waals surface area contributed by atoms with E-state index in [0.717, 1.165) is 0 Å². The van der Waals surface area contributed by atoms with E-state index in [1.807, 2.05) is 0 Å². The summed E-state index contributed by atoms with van der Waals surface area (Å²) >= 11 is 0. The topological polar surface area (TPSA) is 43.1 Å². The van der Waals surface area contributed by atoms with Crippen molar-refractivity contribution < 1.29 is 9.18 Å². The Hall–Kier alpha value is -1.22. The Kier molecular flexibility index (Phi) is 2.94. The SMILES string of the molecule is N[C@H](C=O)Cc1ccccc1F. The van der Waals surface area contributed by atoms with E-state index in [0.29, 0.717) is 11.8 Å². The van der Waals surface area contributed by atoms with Gasteiger partial charge >= 0.3 is 0 Å². The van der Waals surface area contributed by atoms with Gasteiger partial charge in [-0.1, -0.05) is 18.2 Å². The molecule has 0 bridgehead atoms. The zero-order valence-corrected chi connectivity index (χ0v) is 6.53. The van der Waals surface area contributed by atoms with Crippen molar-refractivity contribution in [2.45, 2.75) is 12.5 Å². The lowest BCUT2D eigenvalue weighted by Crippen LogP contribution is -2.24. The Bertz CT molecular complexity index is 275. The molecule has 0 radical (unpaired) electrons. The van der Waals surface area contributed by atoms with Crippen molar-refractivity contribution in [1.29, 1.82) is 0 Å². The summed E-state index contributed by atoms with van der Waals surface area (Å²) in [7, 11) is 0. The van der Waals surface area contributed by atoms with Gasteiger partial charge in [-0.25, -0.2) is 4.39 Å². The van der Waals surface area contributed by atoms with Crippen molar-refractivity contribution >= 4 is 6.29 Å². The number of rotatable bonds is 3. The minimum absolute atomic E-state index is 0.260. The second-order valence-electron chi connectivity index (χ2n) is 2.60. The third-order valence-electron chi connectivity index (χ3n) is 1.59. The van der Waals surface area contributed by atoms with Crippen LogP contribution in [0, 0.1) is 5.82 Å². The lowest BCUT2D eigenvalue weighted by Gasteiger charge is -2.04. The first kappa shape index (κ1) is 8.87. The van der Waals surface area contributed by atoms with Crippen LogP contribution in [0.2, 0.25) is 0 Å². The van der Waals surface area contributed by atoms with Gasteiger partial charge in [0, 0.05) is 0 Å². The molecular formula is C9H10FNO. The molecule has 2 nitrogen and oxygen atoms in total. The van der Waals surface area contributed by atoms with Crippen LogP contribution in [0.5, 0.6) is 0 Å². The molecule has 0 aliphatic rings. The van der Waals surface area contributed by atoms with Gasteiger partial charge in [0.2, 0.25) is 0 Å². The van der Waals surface area contributed by atoms with E-state index in [1.54, 1.807) is 18.2 Å². The van der Waals surface area contributed by atoms with E-state index in [-0.39, 0.29) is 12.2 Å². The summed E-state index contributed by atoms with van der Waals surface area (Å²) in [5.41, 5.74) is 5.82. The average Bonchev–Trinajstić information content (AvgIpc) is 2.09. The first-order chi connectivity index (χ1) is 5.74. The van der Waals surface area contributed by atoms with Crippen molar-refractivity contribution in [3.8, 4) is 0 Å².